The van der Waals surface area contributed by atoms with Crippen LogP contribution in [0.1, 0.15) is 5.56 Å². The van der Waals surface area contributed by atoms with Crippen molar-refractivity contribution >= 4 is 23.2 Å². The minimum absolute atomic E-state index is 0.109. The zero-order valence-corrected chi connectivity index (χ0v) is 12.2. The maximum absolute atomic E-state index is 13.3. The Labute approximate surface area is 127 Å². The molecule has 2 aromatic carbocycles. The second-order valence-corrected chi connectivity index (χ2v) is 5.32. The largest absolute Gasteiger partial charge is 0.492 e. The lowest BCUT2D eigenvalue weighted by Gasteiger charge is -2.13. The molecule has 5 heteroatoms. The second-order valence-electron chi connectivity index (χ2n) is 4.48. The fourth-order valence-electron chi connectivity index (χ4n) is 1.79. The molecular formula is C15H14Cl2FNO. The highest BCUT2D eigenvalue weighted by Gasteiger charge is 2.08. The Morgan fingerprint density at radius 2 is 1.95 bits per heavy atom. The summed E-state index contributed by atoms with van der Waals surface area (Å²) in [6.45, 7) is 0.324. The van der Waals surface area contributed by atoms with E-state index >= 15 is 0 Å². The molecule has 0 amide bonds. The van der Waals surface area contributed by atoms with Crippen LogP contribution in [0.5, 0.6) is 5.75 Å². The first kappa shape index (κ1) is 15.1. The SMILES string of the molecule is NC(COc1cccc(Cl)c1)Cc1ccc(Cl)c(F)c1. The van der Waals surface area contributed by atoms with Crippen molar-refractivity contribution in [2.45, 2.75) is 12.5 Å². The zero-order valence-electron chi connectivity index (χ0n) is 10.7. The maximum atomic E-state index is 13.3. The number of hydrogen-bond acceptors (Lipinski definition) is 2. The standard InChI is InChI=1S/C15H14Cl2FNO/c16-11-2-1-3-13(8-11)20-9-12(19)6-10-4-5-14(17)15(18)7-10/h1-5,7-8,12H,6,9,19H2. The Balaban J connectivity index is 1.89. The van der Waals surface area contributed by atoms with E-state index in [2.05, 4.69) is 0 Å². The van der Waals surface area contributed by atoms with E-state index in [1.54, 1.807) is 30.3 Å². The highest BCUT2D eigenvalue weighted by atomic mass is 35.5. The lowest BCUT2D eigenvalue weighted by Crippen LogP contribution is -2.30. The molecular weight excluding hydrogens is 300 g/mol. The number of benzene rings is 2. The smallest absolute Gasteiger partial charge is 0.142 e. The maximum Gasteiger partial charge on any atom is 0.142 e. The lowest BCUT2D eigenvalue weighted by molar-refractivity contribution is 0.287. The third-order valence-electron chi connectivity index (χ3n) is 2.74. The van der Waals surface area contributed by atoms with Crippen LogP contribution in [-0.4, -0.2) is 12.6 Å². The molecule has 0 bridgehead atoms. The molecule has 0 aliphatic heterocycles. The Morgan fingerprint density at radius 1 is 1.15 bits per heavy atom. The van der Waals surface area contributed by atoms with E-state index in [0.29, 0.717) is 23.8 Å². The van der Waals surface area contributed by atoms with E-state index in [1.807, 2.05) is 0 Å². The minimum atomic E-state index is -0.438. The molecule has 1 unspecified atom stereocenters. The van der Waals surface area contributed by atoms with E-state index in [4.69, 9.17) is 33.7 Å². The minimum Gasteiger partial charge on any atom is -0.492 e. The highest BCUT2D eigenvalue weighted by Crippen LogP contribution is 2.18. The van der Waals surface area contributed by atoms with E-state index < -0.39 is 5.82 Å². The van der Waals surface area contributed by atoms with Crippen molar-refractivity contribution < 1.29 is 9.13 Å². The summed E-state index contributed by atoms with van der Waals surface area (Å²) < 4.78 is 18.9. The van der Waals surface area contributed by atoms with Crippen molar-refractivity contribution in [1.29, 1.82) is 0 Å². The third kappa shape index (κ3) is 4.37. The number of hydrogen-bond donors (Lipinski definition) is 1. The fraction of sp³-hybridized carbons (Fsp3) is 0.200. The van der Waals surface area contributed by atoms with E-state index in [-0.39, 0.29) is 11.1 Å². The highest BCUT2D eigenvalue weighted by molar-refractivity contribution is 6.31. The predicted molar refractivity (Wildman–Crippen MR) is 80.0 cm³/mol. The van der Waals surface area contributed by atoms with Crippen molar-refractivity contribution in [3.63, 3.8) is 0 Å². The molecule has 0 aromatic heterocycles. The first-order valence-electron chi connectivity index (χ1n) is 6.12. The summed E-state index contributed by atoms with van der Waals surface area (Å²) in [4.78, 5) is 0. The zero-order chi connectivity index (χ0) is 14.5. The van der Waals surface area contributed by atoms with E-state index in [9.17, 15) is 4.39 Å². The molecule has 2 aromatic rings. The van der Waals surface area contributed by atoms with Crippen LogP contribution in [0, 0.1) is 5.82 Å². The summed E-state index contributed by atoms with van der Waals surface area (Å²) in [5.41, 5.74) is 6.75. The number of halogens is 3. The third-order valence-corrected chi connectivity index (χ3v) is 3.28. The van der Waals surface area contributed by atoms with Gasteiger partial charge in [-0.25, -0.2) is 4.39 Å². The molecule has 0 spiro atoms. The van der Waals surface area contributed by atoms with Gasteiger partial charge in [-0.05, 0) is 42.3 Å². The van der Waals surface area contributed by atoms with Gasteiger partial charge in [0.25, 0.3) is 0 Å². The quantitative estimate of drug-likeness (QED) is 0.902. The van der Waals surface area contributed by atoms with Gasteiger partial charge in [-0.3, -0.25) is 0 Å². The first-order valence-corrected chi connectivity index (χ1v) is 6.88. The van der Waals surface area contributed by atoms with Crippen LogP contribution >= 0.6 is 23.2 Å². The van der Waals surface area contributed by atoms with Crippen molar-refractivity contribution in [3.8, 4) is 5.75 Å². The van der Waals surface area contributed by atoms with Crippen molar-refractivity contribution in [1.82, 2.24) is 0 Å². The molecule has 20 heavy (non-hydrogen) atoms. The monoisotopic (exact) mass is 313 g/mol. The normalized spacial score (nSPS) is 12.2. The van der Waals surface area contributed by atoms with Crippen LogP contribution in [0.15, 0.2) is 42.5 Å². The molecule has 0 fully saturated rings. The van der Waals surface area contributed by atoms with Crippen LogP contribution in [0.3, 0.4) is 0 Å². The number of nitrogens with two attached hydrogens (primary N) is 1. The van der Waals surface area contributed by atoms with E-state index in [1.165, 1.54) is 12.1 Å². The summed E-state index contributed by atoms with van der Waals surface area (Å²) in [6.07, 6.45) is 0.509. The van der Waals surface area contributed by atoms with Crippen molar-refractivity contribution in [3.05, 3.63) is 63.9 Å². The fourth-order valence-corrected chi connectivity index (χ4v) is 2.09. The summed E-state index contributed by atoms with van der Waals surface area (Å²) in [6, 6.07) is 11.5. The first-order chi connectivity index (χ1) is 9.54. The van der Waals surface area contributed by atoms with Gasteiger partial charge >= 0.3 is 0 Å². The van der Waals surface area contributed by atoms with Crippen LogP contribution < -0.4 is 10.5 Å². The van der Waals surface area contributed by atoms with Gasteiger partial charge < -0.3 is 10.5 Å². The Morgan fingerprint density at radius 3 is 2.65 bits per heavy atom. The van der Waals surface area contributed by atoms with Gasteiger partial charge in [-0.15, -0.1) is 0 Å². The van der Waals surface area contributed by atoms with Gasteiger partial charge in [-0.1, -0.05) is 35.3 Å². The summed E-state index contributed by atoms with van der Waals surface area (Å²) in [7, 11) is 0. The molecule has 0 aliphatic rings. The summed E-state index contributed by atoms with van der Waals surface area (Å²) in [5.74, 6) is 0.224. The Hall–Kier alpha value is -1.29. The van der Waals surface area contributed by atoms with Gasteiger partial charge in [0.1, 0.15) is 18.2 Å². The van der Waals surface area contributed by atoms with Gasteiger partial charge in [0.15, 0.2) is 0 Å². The average Bonchev–Trinajstić information content (AvgIpc) is 2.41. The molecule has 106 valence electrons. The molecule has 2 N–H and O–H groups in total. The van der Waals surface area contributed by atoms with Crippen LogP contribution in [-0.2, 0) is 6.42 Å². The van der Waals surface area contributed by atoms with Crippen molar-refractivity contribution in [2.75, 3.05) is 6.61 Å². The van der Waals surface area contributed by atoms with Crippen LogP contribution in [0.4, 0.5) is 4.39 Å². The summed E-state index contributed by atoms with van der Waals surface area (Å²) in [5, 5.41) is 0.716. The Kier molecular flexibility index (Phi) is 5.24. The topological polar surface area (TPSA) is 35.2 Å². The molecule has 1 atom stereocenters. The van der Waals surface area contributed by atoms with E-state index in [0.717, 1.165) is 5.56 Å². The molecule has 0 saturated carbocycles. The average molecular weight is 314 g/mol. The molecule has 0 radical (unpaired) electrons. The van der Waals surface area contributed by atoms with Crippen LogP contribution in [0.2, 0.25) is 10.0 Å². The molecule has 0 aliphatic carbocycles. The van der Waals surface area contributed by atoms with Gasteiger partial charge in [-0.2, -0.15) is 0 Å². The second kappa shape index (κ2) is 6.93. The molecule has 0 saturated heterocycles. The predicted octanol–water partition coefficient (Wildman–Crippen LogP) is 4.08. The number of rotatable bonds is 5. The number of ether oxygens (including phenoxy) is 1. The van der Waals surface area contributed by atoms with Gasteiger partial charge in [0, 0.05) is 11.1 Å². The summed E-state index contributed by atoms with van der Waals surface area (Å²) >= 11 is 11.5. The van der Waals surface area contributed by atoms with Crippen molar-refractivity contribution in [2.24, 2.45) is 5.73 Å². The molecule has 2 rings (SSSR count). The molecule has 0 heterocycles. The Bertz CT molecular complexity index is 592. The van der Waals surface area contributed by atoms with Gasteiger partial charge in [0.2, 0.25) is 0 Å². The molecule has 2 nitrogen and oxygen atoms in total. The van der Waals surface area contributed by atoms with Gasteiger partial charge in [0.05, 0.1) is 5.02 Å². The van der Waals surface area contributed by atoms with Crippen LogP contribution in [0.25, 0.3) is 0 Å². The lowest BCUT2D eigenvalue weighted by atomic mass is 10.1.